The second-order valence-corrected chi connectivity index (χ2v) is 8.22. The van der Waals surface area contributed by atoms with Crippen LogP contribution in [0.5, 0.6) is 17.2 Å². The average molecular weight is 486 g/mol. The van der Waals surface area contributed by atoms with Gasteiger partial charge in [0.05, 0.1) is 21.3 Å². The number of hydrogen-bond donors (Lipinski definition) is 3. The van der Waals surface area contributed by atoms with Crippen molar-refractivity contribution in [2.45, 2.75) is 39.0 Å². The van der Waals surface area contributed by atoms with Gasteiger partial charge in [-0.3, -0.25) is 0 Å². The highest BCUT2D eigenvalue weighted by molar-refractivity contribution is 6.27. The van der Waals surface area contributed by atoms with Crippen molar-refractivity contribution in [2.75, 3.05) is 34.4 Å². The molecule has 190 valence electrons. The molecule has 2 aromatic carbocycles. The maximum atomic E-state index is 9.10. The fourth-order valence-corrected chi connectivity index (χ4v) is 4.02. The number of rotatable bonds is 11. The Morgan fingerprint density at radius 2 is 1.51 bits per heavy atom. The molecule has 0 aliphatic heterocycles. The van der Waals surface area contributed by atoms with Gasteiger partial charge in [0.1, 0.15) is 0 Å². The smallest absolute Gasteiger partial charge is 0.414 e. The molecule has 8 nitrogen and oxygen atoms in total. The van der Waals surface area contributed by atoms with E-state index in [1.807, 2.05) is 12.1 Å². The standard InChI is InChI=1S/C25H33NO3.C2H2O4/c1-18-8-5-11-21-14-19(15-22(18)21)9-6-12-26-13-7-10-20-16-23(27-2)25(29-4)24(17-20)28-3;3-1(4)2(5)6/h5,8,11,14,16-17,26H,6-7,9-10,12-13,15H2,1-4H3;(H,3,4)(H,5,6). The van der Waals surface area contributed by atoms with Crippen molar-refractivity contribution in [3.8, 4) is 17.2 Å². The first-order chi connectivity index (χ1) is 16.8. The molecule has 1 aliphatic rings. The first kappa shape index (κ1) is 27.7. The number of nitrogens with one attached hydrogen (secondary N) is 1. The van der Waals surface area contributed by atoms with Crippen molar-refractivity contribution in [1.82, 2.24) is 5.32 Å². The second-order valence-electron chi connectivity index (χ2n) is 8.22. The number of hydrogen-bond acceptors (Lipinski definition) is 6. The molecule has 0 heterocycles. The number of methoxy groups -OCH3 is 3. The van der Waals surface area contributed by atoms with Crippen LogP contribution in [0.2, 0.25) is 0 Å². The van der Waals surface area contributed by atoms with Crippen LogP contribution in [-0.2, 0) is 22.4 Å². The van der Waals surface area contributed by atoms with E-state index in [1.54, 1.807) is 26.9 Å². The van der Waals surface area contributed by atoms with E-state index in [0.717, 1.165) is 43.9 Å². The molecule has 2 aromatic rings. The van der Waals surface area contributed by atoms with E-state index in [-0.39, 0.29) is 0 Å². The highest BCUT2D eigenvalue weighted by atomic mass is 16.5. The summed E-state index contributed by atoms with van der Waals surface area (Å²) in [7, 11) is 4.94. The van der Waals surface area contributed by atoms with E-state index in [0.29, 0.717) is 5.75 Å². The first-order valence-corrected chi connectivity index (χ1v) is 11.5. The van der Waals surface area contributed by atoms with Crippen LogP contribution < -0.4 is 19.5 Å². The van der Waals surface area contributed by atoms with Gasteiger partial charge in [0.25, 0.3) is 0 Å². The van der Waals surface area contributed by atoms with Crippen LogP contribution in [0.1, 0.15) is 41.5 Å². The Hall–Kier alpha value is -3.52. The van der Waals surface area contributed by atoms with E-state index in [1.165, 1.54) is 35.1 Å². The van der Waals surface area contributed by atoms with Crippen molar-refractivity contribution in [1.29, 1.82) is 0 Å². The van der Waals surface area contributed by atoms with Crippen LogP contribution in [0.15, 0.2) is 35.9 Å². The molecule has 0 aromatic heterocycles. The van der Waals surface area contributed by atoms with E-state index in [4.69, 9.17) is 34.0 Å². The van der Waals surface area contributed by atoms with E-state index < -0.39 is 11.9 Å². The fourth-order valence-electron chi connectivity index (χ4n) is 4.02. The lowest BCUT2D eigenvalue weighted by Crippen LogP contribution is -2.17. The Balaban J connectivity index is 0.000000641. The molecule has 0 radical (unpaired) electrons. The minimum atomic E-state index is -1.82. The molecule has 0 fully saturated rings. The number of allylic oxidation sites excluding steroid dienone is 1. The third-order valence-electron chi connectivity index (χ3n) is 5.79. The highest BCUT2D eigenvalue weighted by Crippen LogP contribution is 2.38. The molecule has 0 bridgehead atoms. The molecule has 0 amide bonds. The number of carboxylic acid groups (broad SMARTS) is 2. The molecule has 0 saturated carbocycles. The van der Waals surface area contributed by atoms with E-state index in [2.05, 4.69) is 36.5 Å². The number of carboxylic acids is 2. The molecule has 0 spiro atoms. The summed E-state index contributed by atoms with van der Waals surface area (Å²) in [5.74, 6) is -1.56. The normalized spacial score (nSPS) is 11.6. The molecule has 0 unspecified atom stereocenters. The summed E-state index contributed by atoms with van der Waals surface area (Å²) in [5, 5.41) is 18.4. The first-order valence-electron chi connectivity index (χ1n) is 11.5. The van der Waals surface area contributed by atoms with Crippen molar-refractivity contribution < 1.29 is 34.0 Å². The topological polar surface area (TPSA) is 114 Å². The van der Waals surface area contributed by atoms with Gasteiger partial charge in [-0.15, -0.1) is 0 Å². The Morgan fingerprint density at radius 3 is 2.03 bits per heavy atom. The summed E-state index contributed by atoms with van der Waals surface area (Å²) in [4.78, 5) is 18.2. The number of benzene rings is 2. The molecule has 1 aliphatic carbocycles. The van der Waals surface area contributed by atoms with Crippen LogP contribution in [-0.4, -0.2) is 56.6 Å². The Labute approximate surface area is 206 Å². The molecular formula is C27H35NO7. The van der Waals surface area contributed by atoms with Crippen molar-refractivity contribution in [3.63, 3.8) is 0 Å². The minimum Gasteiger partial charge on any atom is -0.493 e. The minimum absolute atomic E-state index is 0.649. The van der Waals surface area contributed by atoms with Gasteiger partial charge in [0, 0.05) is 0 Å². The molecule has 3 rings (SSSR count). The molecule has 35 heavy (non-hydrogen) atoms. The molecular weight excluding hydrogens is 450 g/mol. The SMILES string of the molecule is COc1cc(CCCNCCCC2=Cc3cccc(C)c3C2)cc(OC)c1OC.O=C(O)C(=O)O. The predicted octanol–water partition coefficient (Wildman–Crippen LogP) is 4.12. The van der Waals surface area contributed by atoms with E-state index in [9.17, 15) is 0 Å². The molecule has 8 heteroatoms. The quantitative estimate of drug-likeness (QED) is 0.322. The number of aryl methyl sites for hydroxylation is 2. The lowest BCUT2D eigenvalue weighted by Gasteiger charge is -2.14. The summed E-state index contributed by atoms with van der Waals surface area (Å²) >= 11 is 0. The van der Waals surface area contributed by atoms with Gasteiger partial charge in [-0.1, -0.05) is 29.8 Å². The molecule has 3 N–H and O–H groups in total. The van der Waals surface area contributed by atoms with E-state index >= 15 is 0 Å². The number of ether oxygens (including phenoxy) is 3. The summed E-state index contributed by atoms with van der Waals surface area (Å²) in [6, 6.07) is 10.7. The molecule has 0 atom stereocenters. The van der Waals surface area contributed by atoms with Crippen LogP contribution in [0.4, 0.5) is 0 Å². The van der Waals surface area contributed by atoms with Crippen molar-refractivity contribution in [3.05, 3.63) is 58.2 Å². The Kier molecular flexibility index (Phi) is 11.1. The van der Waals surface area contributed by atoms with Gasteiger partial charge in [-0.2, -0.15) is 0 Å². The van der Waals surface area contributed by atoms with Crippen LogP contribution in [0.3, 0.4) is 0 Å². The number of carbonyl (C=O) groups is 2. The summed E-state index contributed by atoms with van der Waals surface area (Å²) in [6.07, 6.45) is 7.92. The maximum Gasteiger partial charge on any atom is 0.414 e. The Morgan fingerprint density at radius 1 is 0.914 bits per heavy atom. The largest absolute Gasteiger partial charge is 0.493 e. The zero-order chi connectivity index (χ0) is 25.8. The van der Waals surface area contributed by atoms with Crippen LogP contribution in [0.25, 0.3) is 6.08 Å². The third-order valence-corrected chi connectivity index (χ3v) is 5.79. The maximum absolute atomic E-state index is 9.10. The summed E-state index contributed by atoms with van der Waals surface area (Å²) in [6.45, 7) is 4.28. The monoisotopic (exact) mass is 485 g/mol. The lowest BCUT2D eigenvalue weighted by molar-refractivity contribution is -0.159. The van der Waals surface area contributed by atoms with Gasteiger partial charge in [-0.25, -0.2) is 9.59 Å². The van der Waals surface area contributed by atoms with Crippen LogP contribution in [0, 0.1) is 6.92 Å². The highest BCUT2D eigenvalue weighted by Gasteiger charge is 2.14. The van der Waals surface area contributed by atoms with Gasteiger partial charge >= 0.3 is 11.9 Å². The van der Waals surface area contributed by atoms with Gasteiger partial charge < -0.3 is 29.7 Å². The summed E-state index contributed by atoms with van der Waals surface area (Å²) < 4.78 is 16.3. The number of fused-ring (bicyclic) bond motifs is 1. The lowest BCUT2D eigenvalue weighted by atomic mass is 10.0. The van der Waals surface area contributed by atoms with Crippen molar-refractivity contribution in [2.24, 2.45) is 0 Å². The van der Waals surface area contributed by atoms with Gasteiger partial charge in [0.2, 0.25) is 5.75 Å². The van der Waals surface area contributed by atoms with Gasteiger partial charge in [-0.05, 0) is 86.5 Å². The van der Waals surface area contributed by atoms with Crippen molar-refractivity contribution >= 4 is 18.0 Å². The summed E-state index contributed by atoms with van der Waals surface area (Å²) in [5.41, 5.74) is 7.11. The number of aliphatic carboxylic acids is 2. The predicted molar refractivity (Wildman–Crippen MR) is 135 cm³/mol. The second kappa shape index (κ2) is 14.0. The van der Waals surface area contributed by atoms with Gasteiger partial charge in [0.15, 0.2) is 11.5 Å². The third kappa shape index (κ3) is 8.33. The average Bonchev–Trinajstić information content (AvgIpc) is 3.27. The van der Waals surface area contributed by atoms with Crippen LogP contribution >= 0.6 is 0 Å². The Bertz CT molecular complexity index is 1010. The fraction of sp³-hybridized carbons (Fsp3) is 0.407. The zero-order valence-corrected chi connectivity index (χ0v) is 20.8. The zero-order valence-electron chi connectivity index (χ0n) is 20.8. The molecule has 0 saturated heterocycles.